The monoisotopic (exact) mass is 313 g/mol. The number of rotatable bonds is 3. The molecule has 1 heterocycles. The van der Waals surface area contributed by atoms with Gasteiger partial charge in [-0.25, -0.2) is 13.8 Å². The molecule has 0 radical (unpaired) electrons. The highest BCUT2D eigenvalue weighted by molar-refractivity contribution is 6.29. The van der Waals surface area contributed by atoms with Crippen LogP contribution in [-0.2, 0) is 0 Å². The zero-order valence-electron chi connectivity index (χ0n) is 10.1. The molecule has 1 aromatic carbocycles. The van der Waals surface area contributed by atoms with Gasteiger partial charge in [-0.05, 0) is 24.3 Å². The van der Waals surface area contributed by atoms with E-state index in [1.165, 1.54) is 6.07 Å². The van der Waals surface area contributed by atoms with Crippen LogP contribution in [0, 0.1) is 21.7 Å². The Balaban J connectivity index is 2.33. The molecular weight excluding hydrogens is 308 g/mol. The predicted octanol–water partition coefficient (Wildman–Crippen LogP) is 3.17. The summed E-state index contributed by atoms with van der Waals surface area (Å²) in [5.41, 5.74) is -0.694. The van der Waals surface area contributed by atoms with Gasteiger partial charge >= 0.3 is 5.69 Å². The highest BCUT2D eigenvalue weighted by atomic mass is 35.5. The zero-order chi connectivity index (χ0) is 15.6. The first-order chi connectivity index (χ1) is 9.88. The van der Waals surface area contributed by atoms with Crippen LogP contribution >= 0.6 is 11.6 Å². The average molecular weight is 314 g/mol. The Morgan fingerprint density at radius 1 is 1.24 bits per heavy atom. The number of nitro groups is 1. The molecule has 0 saturated heterocycles. The number of halogens is 3. The van der Waals surface area contributed by atoms with Crippen molar-refractivity contribution in [1.29, 1.82) is 0 Å². The molecule has 0 aliphatic heterocycles. The van der Waals surface area contributed by atoms with E-state index in [-0.39, 0.29) is 16.5 Å². The zero-order valence-corrected chi connectivity index (χ0v) is 10.9. The maximum absolute atomic E-state index is 13.0. The first kappa shape index (κ1) is 14.8. The second-order valence-electron chi connectivity index (χ2n) is 3.84. The lowest BCUT2D eigenvalue weighted by atomic mass is 10.2. The van der Waals surface area contributed by atoms with Gasteiger partial charge in [0.2, 0.25) is 5.82 Å². The van der Waals surface area contributed by atoms with Gasteiger partial charge in [0.15, 0.2) is 11.6 Å². The minimum atomic E-state index is -1.21. The normalized spacial score (nSPS) is 10.2. The molecule has 2 rings (SSSR count). The van der Waals surface area contributed by atoms with E-state index < -0.39 is 28.2 Å². The summed E-state index contributed by atoms with van der Waals surface area (Å²) >= 11 is 5.60. The molecule has 108 valence electrons. The quantitative estimate of drug-likeness (QED) is 0.536. The third kappa shape index (κ3) is 3.29. The number of pyridine rings is 1. The molecule has 6 nitrogen and oxygen atoms in total. The molecule has 0 unspecified atom stereocenters. The van der Waals surface area contributed by atoms with E-state index >= 15 is 0 Å². The molecule has 1 amide bonds. The molecule has 0 spiro atoms. The molecule has 0 aliphatic carbocycles. The highest BCUT2D eigenvalue weighted by Crippen LogP contribution is 2.24. The summed E-state index contributed by atoms with van der Waals surface area (Å²) in [6, 6.07) is 4.72. The number of hydrogen-bond donors (Lipinski definition) is 1. The van der Waals surface area contributed by atoms with Crippen molar-refractivity contribution < 1.29 is 18.5 Å². The molecule has 0 aliphatic rings. The number of carbonyl (C=O) groups excluding carboxylic acids is 1. The molecule has 0 atom stereocenters. The van der Waals surface area contributed by atoms with Crippen molar-refractivity contribution in [2.24, 2.45) is 0 Å². The third-order valence-electron chi connectivity index (χ3n) is 2.45. The number of hydrogen-bond acceptors (Lipinski definition) is 4. The molecule has 0 saturated carbocycles. The molecule has 21 heavy (non-hydrogen) atoms. The van der Waals surface area contributed by atoms with Crippen molar-refractivity contribution in [3.63, 3.8) is 0 Å². The second kappa shape index (κ2) is 5.80. The molecule has 0 bridgehead atoms. The molecule has 2 aromatic rings. The summed E-state index contributed by atoms with van der Waals surface area (Å²) in [5, 5.41) is 12.9. The number of aromatic nitrogens is 1. The summed E-state index contributed by atoms with van der Waals surface area (Å²) < 4.78 is 25.8. The van der Waals surface area contributed by atoms with Crippen molar-refractivity contribution in [3.05, 3.63) is 62.8 Å². The molecule has 9 heteroatoms. The summed E-state index contributed by atoms with van der Waals surface area (Å²) in [7, 11) is 0. The van der Waals surface area contributed by atoms with Crippen LogP contribution in [0.3, 0.4) is 0 Å². The van der Waals surface area contributed by atoms with Crippen LogP contribution in [0.1, 0.15) is 10.4 Å². The van der Waals surface area contributed by atoms with Crippen LogP contribution in [-0.4, -0.2) is 15.8 Å². The van der Waals surface area contributed by atoms with Crippen molar-refractivity contribution in [2.75, 3.05) is 5.32 Å². The molecule has 1 aromatic heterocycles. The second-order valence-corrected chi connectivity index (χ2v) is 4.23. The van der Waals surface area contributed by atoms with Crippen LogP contribution in [0.4, 0.5) is 20.3 Å². The van der Waals surface area contributed by atoms with E-state index in [0.29, 0.717) is 6.07 Å². The summed E-state index contributed by atoms with van der Waals surface area (Å²) in [6.07, 6.45) is 0. The smallest absolute Gasteiger partial charge is 0.301 e. The maximum Gasteiger partial charge on any atom is 0.311 e. The van der Waals surface area contributed by atoms with Crippen molar-refractivity contribution in [2.45, 2.75) is 0 Å². The van der Waals surface area contributed by atoms with Crippen LogP contribution in [0.2, 0.25) is 5.15 Å². The van der Waals surface area contributed by atoms with Crippen molar-refractivity contribution in [3.8, 4) is 0 Å². The van der Waals surface area contributed by atoms with Gasteiger partial charge in [0.1, 0.15) is 5.15 Å². The minimum Gasteiger partial charge on any atom is -0.301 e. The Morgan fingerprint density at radius 2 is 1.95 bits per heavy atom. The molecule has 1 N–H and O–H groups in total. The van der Waals surface area contributed by atoms with Crippen LogP contribution in [0.5, 0.6) is 0 Å². The van der Waals surface area contributed by atoms with E-state index in [2.05, 4.69) is 10.3 Å². The van der Waals surface area contributed by atoms with Gasteiger partial charge < -0.3 is 5.32 Å². The highest BCUT2D eigenvalue weighted by Gasteiger charge is 2.19. The van der Waals surface area contributed by atoms with Crippen molar-refractivity contribution in [1.82, 2.24) is 4.98 Å². The lowest BCUT2D eigenvalue weighted by molar-refractivity contribution is -0.384. The number of anilines is 1. The maximum atomic E-state index is 13.0. The third-order valence-corrected chi connectivity index (χ3v) is 2.66. The Hall–Kier alpha value is -2.61. The average Bonchev–Trinajstić information content (AvgIpc) is 2.41. The van der Waals surface area contributed by atoms with Crippen LogP contribution < -0.4 is 5.32 Å². The fourth-order valence-electron chi connectivity index (χ4n) is 1.48. The fourth-order valence-corrected chi connectivity index (χ4v) is 1.63. The lowest BCUT2D eigenvalue weighted by Crippen LogP contribution is -2.14. The van der Waals surface area contributed by atoms with Crippen molar-refractivity contribution >= 4 is 29.0 Å². The number of benzene rings is 1. The predicted molar refractivity (Wildman–Crippen MR) is 70.2 cm³/mol. The van der Waals surface area contributed by atoms with E-state index in [9.17, 15) is 23.7 Å². The van der Waals surface area contributed by atoms with Gasteiger partial charge in [0.05, 0.1) is 4.92 Å². The van der Waals surface area contributed by atoms with E-state index in [0.717, 1.165) is 18.2 Å². The van der Waals surface area contributed by atoms with Gasteiger partial charge in [0.25, 0.3) is 5.91 Å². The summed E-state index contributed by atoms with van der Waals surface area (Å²) in [5.74, 6) is -3.59. The molecular formula is C12H6ClF2N3O3. The Labute approximate surface area is 121 Å². The Kier molecular flexibility index (Phi) is 4.08. The number of nitrogens with zero attached hydrogens (tertiary/aromatic N) is 2. The summed E-state index contributed by atoms with van der Waals surface area (Å²) in [4.78, 5) is 25.5. The van der Waals surface area contributed by atoms with E-state index in [1.54, 1.807) is 0 Å². The van der Waals surface area contributed by atoms with Crippen LogP contribution in [0.25, 0.3) is 0 Å². The lowest BCUT2D eigenvalue weighted by Gasteiger charge is -2.06. The molecule has 0 fully saturated rings. The van der Waals surface area contributed by atoms with Gasteiger partial charge in [-0.3, -0.25) is 14.9 Å². The number of nitrogens with one attached hydrogen (secondary N) is 1. The largest absolute Gasteiger partial charge is 0.311 e. The van der Waals surface area contributed by atoms with Crippen LogP contribution in [0.15, 0.2) is 30.3 Å². The topological polar surface area (TPSA) is 85.1 Å². The first-order valence-electron chi connectivity index (χ1n) is 5.46. The first-order valence-corrected chi connectivity index (χ1v) is 5.83. The van der Waals surface area contributed by atoms with Gasteiger partial charge in [-0.2, -0.15) is 0 Å². The van der Waals surface area contributed by atoms with E-state index in [1.807, 2.05) is 0 Å². The number of carbonyl (C=O) groups is 1. The number of amides is 1. The van der Waals surface area contributed by atoms with Gasteiger partial charge in [0, 0.05) is 11.6 Å². The Morgan fingerprint density at radius 3 is 2.57 bits per heavy atom. The van der Waals surface area contributed by atoms with Gasteiger partial charge in [-0.15, -0.1) is 0 Å². The Bertz CT molecular complexity index is 740. The summed E-state index contributed by atoms with van der Waals surface area (Å²) in [6.45, 7) is 0. The SMILES string of the molecule is O=C(Nc1nc(Cl)ccc1[N+](=O)[O-])c1ccc(F)c(F)c1. The fraction of sp³-hybridized carbons (Fsp3) is 0. The minimum absolute atomic E-state index is 0.0683. The van der Waals surface area contributed by atoms with Gasteiger partial charge in [-0.1, -0.05) is 11.6 Å². The van der Waals surface area contributed by atoms with E-state index in [4.69, 9.17) is 11.6 Å². The standard InChI is InChI=1S/C12H6ClF2N3O3/c13-10-4-3-9(18(20)21)11(16-10)17-12(19)6-1-2-7(14)8(15)5-6/h1-5H,(H,16,17,19).